The fraction of sp³-hybridized carbons (Fsp3) is 0.323. The molecule has 0 N–H and O–H groups in total. The Balaban J connectivity index is 1.57. The number of likely N-dealkylation sites (tertiary alicyclic amines) is 1. The van der Waals surface area contributed by atoms with Gasteiger partial charge >= 0.3 is 0 Å². The minimum Gasteiger partial charge on any atom is -0.440 e. The van der Waals surface area contributed by atoms with Crippen LogP contribution in [0.25, 0.3) is 28.3 Å². The van der Waals surface area contributed by atoms with E-state index in [1.165, 1.54) is 22.8 Å². The van der Waals surface area contributed by atoms with Crippen molar-refractivity contribution in [1.82, 2.24) is 19.4 Å². The maximum atomic E-state index is 15.0. The molecule has 1 aliphatic rings. The maximum absolute atomic E-state index is 15.0. The molecule has 1 aliphatic heterocycles. The standard InChI is InChI=1S/C31H31ClF2N4O3/c1-18-13-22(32)14-19(2)29(18)38-16-21(5-8-26(38)39)28-30(24-7-6-23(33)15-25(24)34)41-31(35-28)20-9-11-37(12-10-20)27(40)17-36(3)4/h5-8,13-16,20H,9-12,17H2,1-4H3. The Labute approximate surface area is 242 Å². The molecule has 0 atom stereocenters. The number of carbonyl (C=O) groups is 1. The van der Waals surface area contributed by atoms with Crippen molar-refractivity contribution in [2.45, 2.75) is 32.6 Å². The summed E-state index contributed by atoms with van der Waals surface area (Å²) in [6.45, 7) is 5.18. The van der Waals surface area contributed by atoms with Crippen LogP contribution >= 0.6 is 11.6 Å². The quantitative estimate of drug-likeness (QED) is 0.281. The number of halogens is 3. The molecule has 0 spiro atoms. The van der Waals surface area contributed by atoms with Gasteiger partial charge in [-0.2, -0.15) is 0 Å². The molecule has 2 aromatic heterocycles. The van der Waals surface area contributed by atoms with Crippen molar-refractivity contribution in [2.24, 2.45) is 0 Å². The molecule has 2 aromatic carbocycles. The van der Waals surface area contributed by atoms with Crippen molar-refractivity contribution in [2.75, 3.05) is 33.7 Å². The van der Waals surface area contributed by atoms with Crippen LogP contribution in [0.1, 0.15) is 35.8 Å². The zero-order valence-corrected chi connectivity index (χ0v) is 24.1. The molecule has 5 rings (SSSR count). The monoisotopic (exact) mass is 580 g/mol. The Morgan fingerprint density at radius 2 is 1.76 bits per heavy atom. The largest absolute Gasteiger partial charge is 0.440 e. The van der Waals surface area contributed by atoms with Gasteiger partial charge in [0.1, 0.15) is 17.3 Å². The third kappa shape index (κ3) is 5.96. The van der Waals surface area contributed by atoms with Crippen LogP contribution in [-0.2, 0) is 4.79 Å². The van der Waals surface area contributed by atoms with E-state index in [4.69, 9.17) is 21.0 Å². The second kappa shape index (κ2) is 11.6. The zero-order chi connectivity index (χ0) is 29.4. The number of aryl methyl sites for hydroxylation is 2. The minimum atomic E-state index is -0.782. The third-order valence-corrected chi connectivity index (χ3v) is 7.57. The molecule has 1 amide bonds. The number of hydrogen-bond donors (Lipinski definition) is 0. The van der Waals surface area contributed by atoms with Crippen molar-refractivity contribution in [1.29, 1.82) is 0 Å². The number of piperidine rings is 1. The summed E-state index contributed by atoms with van der Waals surface area (Å²) in [6, 6.07) is 9.91. The number of benzene rings is 2. The fourth-order valence-corrected chi connectivity index (χ4v) is 5.72. The number of nitrogens with zero attached hydrogens (tertiary/aromatic N) is 4. The molecule has 7 nitrogen and oxygen atoms in total. The van der Waals surface area contributed by atoms with E-state index >= 15 is 4.39 Å². The number of oxazole rings is 1. The van der Waals surface area contributed by atoms with Gasteiger partial charge in [0.05, 0.1) is 17.8 Å². The van der Waals surface area contributed by atoms with Crippen LogP contribution in [0.15, 0.2) is 57.9 Å². The van der Waals surface area contributed by atoms with Crippen LogP contribution in [0.5, 0.6) is 0 Å². The smallest absolute Gasteiger partial charge is 0.255 e. The van der Waals surface area contributed by atoms with E-state index < -0.39 is 11.6 Å². The van der Waals surface area contributed by atoms with E-state index in [2.05, 4.69) is 0 Å². The molecule has 4 aromatic rings. The topological polar surface area (TPSA) is 71.6 Å². The highest BCUT2D eigenvalue weighted by Crippen LogP contribution is 2.38. The van der Waals surface area contributed by atoms with E-state index in [9.17, 15) is 14.0 Å². The SMILES string of the molecule is Cc1cc(Cl)cc(C)c1-n1cc(-c2nc(C3CCN(C(=O)CN(C)C)CC3)oc2-c2ccc(F)cc2F)ccc1=O. The summed E-state index contributed by atoms with van der Waals surface area (Å²) in [5.41, 5.74) is 3.01. The summed E-state index contributed by atoms with van der Waals surface area (Å²) in [5.74, 6) is -0.958. The first-order valence-electron chi connectivity index (χ1n) is 13.4. The van der Waals surface area contributed by atoms with Crippen LogP contribution in [0.2, 0.25) is 5.02 Å². The number of hydrogen-bond acceptors (Lipinski definition) is 5. The van der Waals surface area contributed by atoms with Gasteiger partial charge in [-0.1, -0.05) is 11.6 Å². The summed E-state index contributed by atoms with van der Waals surface area (Å²) in [5, 5.41) is 0.567. The molecule has 0 unspecified atom stereocenters. The first-order valence-corrected chi connectivity index (χ1v) is 13.8. The molecule has 3 heterocycles. The van der Waals surface area contributed by atoms with Gasteiger partial charge in [-0.3, -0.25) is 14.2 Å². The van der Waals surface area contributed by atoms with Crippen LogP contribution in [-0.4, -0.2) is 59.0 Å². The lowest BCUT2D eigenvalue weighted by molar-refractivity contribution is -0.132. The van der Waals surface area contributed by atoms with Crippen molar-refractivity contribution in [3.8, 4) is 28.3 Å². The Morgan fingerprint density at radius 1 is 1.07 bits per heavy atom. The summed E-state index contributed by atoms with van der Waals surface area (Å²) in [4.78, 5) is 34.0. The fourth-order valence-electron chi connectivity index (χ4n) is 5.39. The highest BCUT2D eigenvalue weighted by atomic mass is 35.5. The van der Waals surface area contributed by atoms with Crippen molar-refractivity contribution < 1.29 is 18.0 Å². The lowest BCUT2D eigenvalue weighted by Crippen LogP contribution is -2.42. The van der Waals surface area contributed by atoms with Crippen LogP contribution in [0.3, 0.4) is 0 Å². The van der Waals surface area contributed by atoms with E-state index in [-0.39, 0.29) is 28.7 Å². The van der Waals surface area contributed by atoms with Gasteiger partial charge < -0.3 is 14.2 Å². The molecular weight excluding hydrogens is 550 g/mol. The van der Waals surface area contributed by atoms with Crippen molar-refractivity contribution in [3.05, 3.63) is 92.7 Å². The van der Waals surface area contributed by atoms with Gasteiger partial charge in [-0.25, -0.2) is 13.8 Å². The van der Waals surface area contributed by atoms with Crippen LogP contribution in [0, 0.1) is 25.5 Å². The first-order chi connectivity index (χ1) is 19.5. The summed E-state index contributed by atoms with van der Waals surface area (Å²) < 4.78 is 36.6. The van der Waals surface area contributed by atoms with Gasteiger partial charge in [-0.15, -0.1) is 0 Å². The molecular formula is C31H31ClF2N4O3. The molecule has 1 saturated heterocycles. The summed E-state index contributed by atoms with van der Waals surface area (Å²) >= 11 is 6.22. The molecule has 0 bridgehead atoms. The highest BCUT2D eigenvalue weighted by molar-refractivity contribution is 6.30. The van der Waals surface area contributed by atoms with Gasteiger partial charge in [0.25, 0.3) is 5.56 Å². The minimum absolute atomic E-state index is 0.0608. The zero-order valence-electron chi connectivity index (χ0n) is 23.4. The predicted molar refractivity (Wildman–Crippen MR) is 154 cm³/mol. The molecule has 214 valence electrons. The Bertz CT molecular complexity index is 1650. The second-order valence-electron chi connectivity index (χ2n) is 10.8. The molecule has 0 aliphatic carbocycles. The van der Waals surface area contributed by atoms with Crippen molar-refractivity contribution >= 4 is 17.5 Å². The first kappa shape index (κ1) is 28.7. The molecule has 0 radical (unpaired) electrons. The van der Waals surface area contributed by atoms with Crippen molar-refractivity contribution in [3.63, 3.8) is 0 Å². The number of likely N-dealkylation sites (N-methyl/N-ethyl adjacent to an activating group) is 1. The van der Waals surface area contributed by atoms with Crippen LogP contribution < -0.4 is 5.56 Å². The lowest BCUT2D eigenvalue weighted by Gasteiger charge is -2.31. The maximum Gasteiger partial charge on any atom is 0.255 e. The Kier molecular flexibility index (Phi) is 8.11. The molecule has 1 fully saturated rings. The number of aromatic nitrogens is 2. The van der Waals surface area contributed by atoms with Gasteiger partial charge in [0.2, 0.25) is 5.91 Å². The second-order valence-corrected chi connectivity index (χ2v) is 11.2. The average molecular weight is 581 g/mol. The van der Waals surface area contributed by atoms with E-state index in [1.807, 2.05) is 37.7 Å². The summed E-state index contributed by atoms with van der Waals surface area (Å²) in [6.07, 6.45) is 2.92. The summed E-state index contributed by atoms with van der Waals surface area (Å²) in [7, 11) is 3.71. The van der Waals surface area contributed by atoms with E-state index in [1.54, 1.807) is 24.4 Å². The van der Waals surface area contributed by atoms with Gasteiger partial charge in [-0.05, 0) is 82.2 Å². The molecule has 0 saturated carbocycles. The third-order valence-electron chi connectivity index (χ3n) is 7.35. The van der Waals surface area contributed by atoms with Gasteiger partial charge in [0, 0.05) is 47.9 Å². The lowest BCUT2D eigenvalue weighted by atomic mass is 9.96. The average Bonchev–Trinajstić information content (AvgIpc) is 3.34. The van der Waals surface area contributed by atoms with Crippen LogP contribution in [0.4, 0.5) is 8.78 Å². The highest BCUT2D eigenvalue weighted by Gasteiger charge is 2.30. The molecule has 41 heavy (non-hydrogen) atoms. The number of amides is 1. The van der Waals surface area contributed by atoms with Gasteiger partial charge in [0.15, 0.2) is 11.7 Å². The van der Waals surface area contributed by atoms with E-state index in [0.717, 1.165) is 17.2 Å². The Hall–Kier alpha value is -3.82. The molecule has 10 heteroatoms. The number of carbonyl (C=O) groups excluding carboxylic acids is 1. The number of rotatable bonds is 6. The predicted octanol–water partition coefficient (Wildman–Crippen LogP) is 5.98. The normalized spacial score (nSPS) is 14.2. The van der Waals surface area contributed by atoms with E-state index in [0.29, 0.717) is 60.3 Å². The number of pyridine rings is 1. The Morgan fingerprint density at radius 3 is 2.39 bits per heavy atom.